The van der Waals surface area contributed by atoms with Gasteiger partial charge in [-0.05, 0) is 24.3 Å². The van der Waals surface area contributed by atoms with E-state index in [0.717, 1.165) is 0 Å². The van der Waals surface area contributed by atoms with Crippen molar-refractivity contribution in [3.8, 4) is 5.75 Å². The molecule has 4 nitrogen and oxygen atoms in total. The second kappa shape index (κ2) is 5.54. The Hall–Kier alpha value is -2.33. The van der Waals surface area contributed by atoms with E-state index < -0.39 is 11.9 Å². The van der Waals surface area contributed by atoms with Crippen LogP contribution in [0.4, 0.5) is 0 Å². The summed E-state index contributed by atoms with van der Waals surface area (Å²) < 4.78 is 5.07. The van der Waals surface area contributed by atoms with E-state index in [9.17, 15) is 9.59 Å². The summed E-state index contributed by atoms with van der Waals surface area (Å²) >= 11 is 5.77. The fourth-order valence-electron chi connectivity index (χ4n) is 1.49. The quantitative estimate of drug-likeness (QED) is 0.690. The summed E-state index contributed by atoms with van der Waals surface area (Å²) in [4.78, 5) is 22.9. The van der Waals surface area contributed by atoms with Crippen molar-refractivity contribution in [1.29, 1.82) is 0 Å². The molecule has 0 aliphatic heterocycles. The number of carboxylic acids is 1. The topological polar surface area (TPSA) is 63.6 Å². The molecule has 19 heavy (non-hydrogen) atoms. The van der Waals surface area contributed by atoms with Crippen molar-refractivity contribution < 1.29 is 19.4 Å². The third kappa shape index (κ3) is 3.11. The van der Waals surface area contributed by atoms with Crippen molar-refractivity contribution in [3.05, 3.63) is 64.7 Å². The molecular formula is C14H9ClO4. The third-order valence-corrected chi connectivity index (χ3v) is 2.62. The average Bonchev–Trinajstić information content (AvgIpc) is 2.39. The number of hydrogen-bond donors (Lipinski definition) is 1. The predicted octanol–water partition coefficient (Wildman–Crippen LogP) is 3.26. The molecule has 2 rings (SSSR count). The number of benzene rings is 2. The molecule has 0 aliphatic rings. The van der Waals surface area contributed by atoms with Gasteiger partial charge in [0.15, 0.2) is 0 Å². The van der Waals surface area contributed by atoms with Gasteiger partial charge < -0.3 is 9.84 Å². The zero-order valence-corrected chi connectivity index (χ0v) is 10.4. The van der Waals surface area contributed by atoms with E-state index in [2.05, 4.69) is 0 Å². The van der Waals surface area contributed by atoms with Gasteiger partial charge in [0, 0.05) is 11.1 Å². The van der Waals surface area contributed by atoms with Gasteiger partial charge in [0.1, 0.15) is 11.3 Å². The van der Waals surface area contributed by atoms with Crippen molar-refractivity contribution in [2.75, 3.05) is 0 Å². The Kier molecular flexibility index (Phi) is 3.82. The van der Waals surface area contributed by atoms with Gasteiger partial charge in [-0.15, -0.1) is 0 Å². The summed E-state index contributed by atoms with van der Waals surface area (Å²) in [7, 11) is 0. The minimum atomic E-state index is -1.19. The van der Waals surface area contributed by atoms with Gasteiger partial charge in [0.2, 0.25) is 0 Å². The van der Waals surface area contributed by atoms with Crippen LogP contribution in [0, 0.1) is 0 Å². The Balaban J connectivity index is 2.31. The Morgan fingerprint density at radius 3 is 2.37 bits per heavy atom. The maximum absolute atomic E-state index is 11.8. The maximum Gasteiger partial charge on any atom is 0.343 e. The third-order valence-electron chi connectivity index (χ3n) is 2.39. The molecular weight excluding hydrogens is 268 g/mol. The molecule has 0 atom stereocenters. The van der Waals surface area contributed by atoms with Crippen LogP contribution in [0.1, 0.15) is 20.7 Å². The van der Waals surface area contributed by atoms with Crippen LogP contribution in [0.2, 0.25) is 5.02 Å². The van der Waals surface area contributed by atoms with E-state index in [1.807, 2.05) is 0 Å². The van der Waals surface area contributed by atoms with Crippen LogP contribution >= 0.6 is 11.6 Å². The number of rotatable bonds is 3. The van der Waals surface area contributed by atoms with E-state index in [4.69, 9.17) is 21.4 Å². The summed E-state index contributed by atoms with van der Waals surface area (Å²) in [6.07, 6.45) is 0. The lowest BCUT2D eigenvalue weighted by Crippen LogP contribution is -2.11. The van der Waals surface area contributed by atoms with Crippen LogP contribution in [0.5, 0.6) is 5.75 Å². The number of aromatic carboxylic acids is 1. The summed E-state index contributed by atoms with van der Waals surface area (Å²) in [6.45, 7) is 0. The predicted molar refractivity (Wildman–Crippen MR) is 69.8 cm³/mol. The zero-order valence-electron chi connectivity index (χ0n) is 9.67. The van der Waals surface area contributed by atoms with Gasteiger partial charge >= 0.3 is 11.9 Å². The number of hydrogen-bond acceptors (Lipinski definition) is 3. The first-order chi connectivity index (χ1) is 9.08. The van der Waals surface area contributed by atoms with Gasteiger partial charge in [-0.1, -0.05) is 29.8 Å². The van der Waals surface area contributed by atoms with Crippen LogP contribution in [0.25, 0.3) is 0 Å². The molecule has 0 aliphatic carbocycles. The maximum atomic E-state index is 11.8. The molecule has 0 spiro atoms. The van der Waals surface area contributed by atoms with Crippen molar-refractivity contribution in [3.63, 3.8) is 0 Å². The Labute approximate surface area is 114 Å². The molecule has 0 bridgehead atoms. The first kappa shape index (κ1) is 13.1. The highest BCUT2D eigenvalue weighted by molar-refractivity contribution is 6.30. The van der Waals surface area contributed by atoms with Crippen molar-refractivity contribution >= 4 is 23.5 Å². The van der Waals surface area contributed by atoms with Crippen LogP contribution in [-0.2, 0) is 0 Å². The van der Waals surface area contributed by atoms with E-state index in [1.54, 1.807) is 30.3 Å². The van der Waals surface area contributed by atoms with Gasteiger partial charge in [-0.25, -0.2) is 9.59 Å². The summed E-state index contributed by atoms with van der Waals surface area (Å²) in [5.74, 6) is -1.90. The highest BCUT2D eigenvalue weighted by atomic mass is 35.5. The average molecular weight is 277 g/mol. The first-order valence-electron chi connectivity index (χ1n) is 5.38. The van der Waals surface area contributed by atoms with Crippen LogP contribution in [-0.4, -0.2) is 17.0 Å². The Bertz CT molecular complexity index is 623. The van der Waals surface area contributed by atoms with E-state index >= 15 is 0 Å². The molecule has 0 fully saturated rings. The Morgan fingerprint density at radius 1 is 1.05 bits per heavy atom. The normalized spacial score (nSPS) is 9.95. The lowest BCUT2D eigenvalue weighted by molar-refractivity contribution is 0.0681. The lowest BCUT2D eigenvalue weighted by Gasteiger charge is -2.07. The number of halogens is 1. The van der Waals surface area contributed by atoms with Crippen molar-refractivity contribution in [2.45, 2.75) is 0 Å². The van der Waals surface area contributed by atoms with Crippen molar-refractivity contribution in [1.82, 2.24) is 0 Å². The number of carbonyl (C=O) groups excluding carboxylic acids is 1. The molecule has 0 saturated carbocycles. The molecule has 5 heteroatoms. The monoisotopic (exact) mass is 276 g/mol. The molecule has 0 heterocycles. The number of esters is 1. The SMILES string of the molecule is O=C(Oc1cc(Cl)ccc1C(=O)O)c1ccccc1. The van der Waals surface area contributed by atoms with E-state index in [1.165, 1.54) is 18.2 Å². The minimum absolute atomic E-state index is 0.0751. The fraction of sp³-hybridized carbons (Fsp3) is 0. The smallest absolute Gasteiger partial charge is 0.343 e. The van der Waals surface area contributed by atoms with Crippen LogP contribution in [0.3, 0.4) is 0 Å². The molecule has 0 saturated heterocycles. The standard InChI is InChI=1S/C14H9ClO4/c15-10-6-7-11(13(16)17)12(8-10)19-14(18)9-4-2-1-3-5-9/h1-8H,(H,16,17). The number of carbonyl (C=O) groups is 2. The highest BCUT2D eigenvalue weighted by Gasteiger charge is 2.16. The summed E-state index contributed by atoms with van der Waals surface area (Å²) in [5.41, 5.74) is 0.215. The largest absolute Gasteiger partial charge is 0.478 e. The molecule has 2 aromatic rings. The molecule has 0 aromatic heterocycles. The minimum Gasteiger partial charge on any atom is -0.478 e. The first-order valence-corrected chi connectivity index (χ1v) is 5.76. The van der Waals surface area contributed by atoms with Crippen molar-refractivity contribution in [2.24, 2.45) is 0 Å². The number of ether oxygens (including phenoxy) is 1. The summed E-state index contributed by atoms with van der Waals surface area (Å²) in [6, 6.07) is 12.3. The van der Waals surface area contributed by atoms with Crippen LogP contribution < -0.4 is 4.74 Å². The van der Waals surface area contributed by atoms with E-state index in [0.29, 0.717) is 10.6 Å². The lowest BCUT2D eigenvalue weighted by atomic mass is 10.2. The second-order valence-corrected chi connectivity index (χ2v) is 4.14. The zero-order chi connectivity index (χ0) is 13.8. The number of carboxylic acid groups (broad SMARTS) is 1. The Morgan fingerprint density at radius 2 is 1.74 bits per heavy atom. The van der Waals surface area contributed by atoms with E-state index in [-0.39, 0.29) is 11.3 Å². The van der Waals surface area contributed by atoms with Gasteiger partial charge in [-0.3, -0.25) is 0 Å². The molecule has 0 unspecified atom stereocenters. The fourth-order valence-corrected chi connectivity index (χ4v) is 1.65. The molecule has 0 radical (unpaired) electrons. The molecule has 96 valence electrons. The van der Waals surface area contributed by atoms with Gasteiger partial charge in [0.05, 0.1) is 5.56 Å². The molecule has 0 amide bonds. The molecule has 1 N–H and O–H groups in total. The van der Waals surface area contributed by atoms with Gasteiger partial charge in [-0.2, -0.15) is 0 Å². The molecule has 2 aromatic carbocycles. The second-order valence-electron chi connectivity index (χ2n) is 3.70. The highest BCUT2D eigenvalue weighted by Crippen LogP contribution is 2.24. The van der Waals surface area contributed by atoms with Gasteiger partial charge in [0.25, 0.3) is 0 Å². The summed E-state index contributed by atoms with van der Waals surface area (Å²) in [5, 5.41) is 9.30. The van der Waals surface area contributed by atoms with Crippen LogP contribution in [0.15, 0.2) is 48.5 Å².